The number of nitrogens with zero attached hydrogens (tertiary/aromatic N) is 2. The molecular formula is C19H25N3O. The fourth-order valence-electron chi connectivity index (χ4n) is 3.18. The van der Waals surface area contributed by atoms with Crippen molar-refractivity contribution in [1.29, 1.82) is 0 Å². The van der Waals surface area contributed by atoms with Gasteiger partial charge in [-0.1, -0.05) is 36.8 Å². The molecule has 4 heteroatoms. The molecule has 1 heterocycles. The normalized spacial score (nSPS) is 21.0. The lowest BCUT2D eigenvalue weighted by molar-refractivity contribution is 0.358. The second-order valence-corrected chi connectivity index (χ2v) is 6.57. The van der Waals surface area contributed by atoms with Crippen molar-refractivity contribution in [2.24, 2.45) is 5.92 Å². The standard InChI is InChI=1S/C19H25N3O/c1-13-4-8-15(9-5-13)17-18(23-3)19(21-12-20-17)22-16-10-6-14(2)7-11-16/h4-5,8-9,12,14,16H,6-7,10-11H2,1-3H3,(H,20,21,22). The fraction of sp³-hybridized carbons (Fsp3) is 0.474. The van der Waals surface area contributed by atoms with Crippen LogP contribution in [0.4, 0.5) is 5.82 Å². The Kier molecular flexibility index (Phi) is 4.79. The lowest BCUT2D eigenvalue weighted by Gasteiger charge is -2.28. The molecule has 1 saturated carbocycles. The largest absolute Gasteiger partial charge is 0.491 e. The summed E-state index contributed by atoms with van der Waals surface area (Å²) < 4.78 is 5.64. The van der Waals surface area contributed by atoms with Crippen molar-refractivity contribution in [1.82, 2.24) is 9.97 Å². The SMILES string of the molecule is COc1c(NC2CCC(C)CC2)ncnc1-c1ccc(C)cc1. The summed E-state index contributed by atoms with van der Waals surface area (Å²) in [6, 6.07) is 8.80. The van der Waals surface area contributed by atoms with Crippen LogP contribution in [0.25, 0.3) is 11.3 Å². The number of rotatable bonds is 4. The number of nitrogens with one attached hydrogen (secondary N) is 1. The molecule has 122 valence electrons. The predicted molar refractivity (Wildman–Crippen MR) is 93.8 cm³/mol. The molecule has 0 spiro atoms. The summed E-state index contributed by atoms with van der Waals surface area (Å²) in [5.74, 6) is 2.37. The van der Waals surface area contributed by atoms with Crippen molar-refractivity contribution in [3.05, 3.63) is 36.2 Å². The van der Waals surface area contributed by atoms with E-state index in [1.807, 2.05) is 0 Å². The molecule has 3 rings (SSSR count). The first-order valence-corrected chi connectivity index (χ1v) is 8.40. The second-order valence-electron chi connectivity index (χ2n) is 6.57. The van der Waals surface area contributed by atoms with E-state index in [1.54, 1.807) is 13.4 Å². The summed E-state index contributed by atoms with van der Waals surface area (Å²) >= 11 is 0. The van der Waals surface area contributed by atoms with Gasteiger partial charge in [0.25, 0.3) is 0 Å². The first kappa shape index (κ1) is 15.8. The molecule has 0 bridgehead atoms. The number of methoxy groups -OCH3 is 1. The minimum atomic E-state index is 0.473. The third kappa shape index (κ3) is 3.63. The van der Waals surface area contributed by atoms with Gasteiger partial charge in [-0.05, 0) is 38.5 Å². The van der Waals surface area contributed by atoms with Crippen molar-refractivity contribution in [3.63, 3.8) is 0 Å². The van der Waals surface area contributed by atoms with E-state index < -0.39 is 0 Å². The van der Waals surface area contributed by atoms with E-state index in [2.05, 4.69) is 53.4 Å². The molecule has 1 N–H and O–H groups in total. The van der Waals surface area contributed by atoms with Crippen LogP contribution in [0, 0.1) is 12.8 Å². The maximum atomic E-state index is 5.64. The minimum Gasteiger partial charge on any atom is -0.491 e. The van der Waals surface area contributed by atoms with E-state index in [0.717, 1.165) is 28.7 Å². The third-order valence-electron chi connectivity index (χ3n) is 4.69. The zero-order valence-corrected chi connectivity index (χ0v) is 14.2. The van der Waals surface area contributed by atoms with E-state index in [-0.39, 0.29) is 0 Å². The van der Waals surface area contributed by atoms with E-state index >= 15 is 0 Å². The van der Waals surface area contributed by atoms with Gasteiger partial charge in [-0.25, -0.2) is 9.97 Å². The van der Waals surface area contributed by atoms with Gasteiger partial charge in [-0.2, -0.15) is 0 Å². The van der Waals surface area contributed by atoms with E-state index in [0.29, 0.717) is 6.04 Å². The number of aromatic nitrogens is 2. The number of ether oxygens (including phenoxy) is 1. The summed E-state index contributed by atoms with van der Waals surface area (Å²) in [7, 11) is 1.69. The van der Waals surface area contributed by atoms with Crippen LogP contribution in [0.3, 0.4) is 0 Å². The quantitative estimate of drug-likeness (QED) is 0.906. The molecule has 2 aromatic rings. The lowest BCUT2D eigenvalue weighted by atomic mass is 9.87. The number of hydrogen-bond donors (Lipinski definition) is 1. The van der Waals surface area contributed by atoms with Crippen LogP contribution in [0.5, 0.6) is 5.75 Å². The van der Waals surface area contributed by atoms with Crippen molar-refractivity contribution >= 4 is 5.82 Å². The summed E-state index contributed by atoms with van der Waals surface area (Å²) in [6.45, 7) is 4.41. The number of aryl methyl sites for hydroxylation is 1. The molecule has 4 nitrogen and oxygen atoms in total. The zero-order chi connectivity index (χ0) is 16.2. The molecule has 0 atom stereocenters. The summed E-state index contributed by atoms with van der Waals surface area (Å²) in [6.07, 6.45) is 6.54. The fourth-order valence-corrected chi connectivity index (χ4v) is 3.18. The molecule has 0 aliphatic heterocycles. The molecule has 1 aromatic heterocycles. The average Bonchev–Trinajstić information content (AvgIpc) is 2.57. The highest BCUT2D eigenvalue weighted by Gasteiger charge is 2.21. The Balaban J connectivity index is 1.86. The van der Waals surface area contributed by atoms with Crippen LogP contribution < -0.4 is 10.1 Å². The number of anilines is 1. The van der Waals surface area contributed by atoms with Gasteiger partial charge in [0.1, 0.15) is 12.0 Å². The average molecular weight is 311 g/mol. The van der Waals surface area contributed by atoms with Crippen LogP contribution in [-0.2, 0) is 0 Å². The van der Waals surface area contributed by atoms with Crippen LogP contribution >= 0.6 is 0 Å². The second kappa shape index (κ2) is 6.99. The maximum Gasteiger partial charge on any atom is 0.187 e. The van der Waals surface area contributed by atoms with Crippen LogP contribution in [0.15, 0.2) is 30.6 Å². The Morgan fingerprint density at radius 1 is 1.04 bits per heavy atom. The molecule has 1 fully saturated rings. The molecule has 0 amide bonds. The Bertz CT molecular complexity index is 646. The van der Waals surface area contributed by atoms with Gasteiger partial charge in [0.15, 0.2) is 11.6 Å². The van der Waals surface area contributed by atoms with Gasteiger partial charge < -0.3 is 10.1 Å². The molecule has 1 aliphatic rings. The van der Waals surface area contributed by atoms with Gasteiger partial charge in [-0.15, -0.1) is 0 Å². The van der Waals surface area contributed by atoms with Crippen LogP contribution in [0.2, 0.25) is 0 Å². The molecule has 1 aliphatic carbocycles. The lowest BCUT2D eigenvalue weighted by Crippen LogP contribution is -2.26. The topological polar surface area (TPSA) is 47.0 Å². The molecular weight excluding hydrogens is 286 g/mol. The van der Waals surface area contributed by atoms with Crippen molar-refractivity contribution < 1.29 is 4.74 Å². The Labute approximate surface area is 138 Å². The smallest absolute Gasteiger partial charge is 0.187 e. The summed E-state index contributed by atoms with van der Waals surface area (Å²) in [5.41, 5.74) is 3.13. The molecule has 0 radical (unpaired) electrons. The number of hydrogen-bond acceptors (Lipinski definition) is 4. The van der Waals surface area contributed by atoms with Gasteiger partial charge in [-0.3, -0.25) is 0 Å². The number of benzene rings is 1. The molecule has 0 unspecified atom stereocenters. The van der Waals surface area contributed by atoms with Crippen LogP contribution in [-0.4, -0.2) is 23.1 Å². The van der Waals surface area contributed by atoms with Crippen LogP contribution in [0.1, 0.15) is 38.2 Å². The maximum absolute atomic E-state index is 5.64. The highest BCUT2D eigenvalue weighted by Crippen LogP contribution is 2.35. The minimum absolute atomic E-state index is 0.473. The van der Waals surface area contributed by atoms with Gasteiger partial charge >= 0.3 is 0 Å². The highest BCUT2D eigenvalue weighted by molar-refractivity contribution is 5.72. The molecule has 0 saturated heterocycles. The Morgan fingerprint density at radius 2 is 1.74 bits per heavy atom. The van der Waals surface area contributed by atoms with E-state index in [4.69, 9.17) is 4.74 Å². The molecule has 23 heavy (non-hydrogen) atoms. The Hall–Kier alpha value is -2.10. The van der Waals surface area contributed by atoms with Crippen molar-refractivity contribution in [2.45, 2.75) is 45.6 Å². The first-order valence-electron chi connectivity index (χ1n) is 8.40. The van der Waals surface area contributed by atoms with Gasteiger partial charge in [0.05, 0.1) is 7.11 Å². The Morgan fingerprint density at radius 3 is 2.39 bits per heavy atom. The van der Waals surface area contributed by atoms with E-state index in [1.165, 1.54) is 31.2 Å². The zero-order valence-electron chi connectivity index (χ0n) is 14.2. The first-order chi connectivity index (χ1) is 11.2. The third-order valence-corrected chi connectivity index (χ3v) is 4.69. The molecule has 1 aromatic carbocycles. The summed E-state index contributed by atoms with van der Waals surface area (Å²) in [4.78, 5) is 8.86. The highest BCUT2D eigenvalue weighted by atomic mass is 16.5. The predicted octanol–water partition coefficient (Wildman–Crippen LogP) is 4.45. The van der Waals surface area contributed by atoms with Crippen molar-refractivity contribution in [2.75, 3.05) is 12.4 Å². The van der Waals surface area contributed by atoms with Gasteiger partial charge in [0, 0.05) is 11.6 Å². The monoisotopic (exact) mass is 311 g/mol. The van der Waals surface area contributed by atoms with Gasteiger partial charge in [0.2, 0.25) is 0 Å². The summed E-state index contributed by atoms with van der Waals surface area (Å²) in [5, 5.41) is 3.57. The van der Waals surface area contributed by atoms with Crippen molar-refractivity contribution in [3.8, 4) is 17.0 Å². The van der Waals surface area contributed by atoms with E-state index in [9.17, 15) is 0 Å².